The summed E-state index contributed by atoms with van der Waals surface area (Å²) in [5, 5.41) is 0. The molecule has 2 aromatic rings. The molecule has 0 unspecified atom stereocenters. The van der Waals surface area contributed by atoms with Gasteiger partial charge in [-0.05, 0) is 43.2 Å². The Morgan fingerprint density at radius 3 is 2.22 bits per heavy atom. The van der Waals surface area contributed by atoms with Crippen LogP contribution in [0.15, 0.2) is 48.5 Å². The number of rotatable bonds is 9. The summed E-state index contributed by atoms with van der Waals surface area (Å²) in [5.41, 5.74) is 1.09. The lowest BCUT2D eigenvalue weighted by molar-refractivity contribution is -0.142. The predicted molar refractivity (Wildman–Crippen MR) is 137 cm³/mol. The molecule has 4 rings (SSSR count). The van der Waals surface area contributed by atoms with E-state index in [9.17, 15) is 9.59 Å². The number of carbonyl (C=O) groups is 2. The quantitative estimate of drug-likeness (QED) is 0.533. The molecule has 0 N–H and O–H groups in total. The molecule has 2 amide bonds. The van der Waals surface area contributed by atoms with Crippen LogP contribution in [0, 0.1) is 5.92 Å². The van der Waals surface area contributed by atoms with E-state index >= 15 is 0 Å². The Balaban J connectivity index is 1.18. The highest BCUT2D eigenvalue weighted by Gasteiger charge is 2.31. The van der Waals surface area contributed by atoms with Gasteiger partial charge < -0.3 is 24.0 Å². The standard InChI is InChI=1S/C28H37N3O5/c1-34-25-8-9-26(35-2)23(20-25)21-29-15-17-31(18-16-29)28(33)22-10-13-30(14-11-22)27(32)12-19-36-24-6-4-3-5-7-24/h3-9,20,22H,10-19,21H2,1-2H3. The SMILES string of the molecule is COc1ccc(OC)c(CN2CCN(C(=O)C3CCN(C(=O)CCOc4ccccc4)CC3)CC2)c1. The minimum Gasteiger partial charge on any atom is -0.497 e. The summed E-state index contributed by atoms with van der Waals surface area (Å²) in [7, 11) is 3.34. The molecule has 0 aliphatic carbocycles. The van der Waals surface area contributed by atoms with Crippen molar-refractivity contribution in [2.24, 2.45) is 5.92 Å². The Kier molecular flexibility index (Phi) is 9.06. The molecule has 2 aliphatic heterocycles. The number of piperidine rings is 1. The van der Waals surface area contributed by atoms with Gasteiger partial charge in [-0.2, -0.15) is 0 Å². The van der Waals surface area contributed by atoms with Gasteiger partial charge in [0.2, 0.25) is 11.8 Å². The van der Waals surface area contributed by atoms with Crippen LogP contribution in [0.1, 0.15) is 24.8 Å². The highest BCUT2D eigenvalue weighted by Crippen LogP contribution is 2.26. The topological polar surface area (TPSA) is 71.6 Å². The van der Waals surface area contributed by atoms with Gasteiger partial charge in [0.05, 0.1) is 27.2 Å². The lowest BCUT2D eigenvalue weighted by atomic mass is 9.94. The lowest BCUT2D eigenvalue weighted by Gasteiger charge is -2.38. The molecule has 0 bridgehead atoms. The average molecular weight is 496 g/mol. The Morgan fingerprint density at radius 1 is 0.833 bits per heavy atom. The van der Waals surface area contributed by atoms with Crippen molar-refractivity contribution >= 4 is 11.8 Å². The first-order chi connectivity index (χ1) is 17.6. The van der Waals surface area contributed by atoms with Crippen molar-refractivity contribution in [1.29, 1.82) is 0 Å². The summed E-state index contributed by atoms with van der Waals surface area (Å²) in [5.74, 6) is 2.76. The number of carbonyl (C=O) groups excluding carboxylic acids is 2. The summed E-state index contributed by atoms with van der Waals surface area (Å²) in [6, 6.07) is 15.4. The predicted octanol–water partition coefficient (Wildman–Crippen LogP) is 3.06. The van der Waals surface area contributed by atoms with Crippen LogP contribution in [-0.4, -0.2) is 86.6 Å². The van der Waals surface area contributed by atoms with E-state index in [-0.39, 0.29) is 17.7 Å². The molecular weight excluding hydrogens is 458 g/mol. The van der Waals surface area contributed by atoms with Crippen LogP contribution in [0.4, 0.5) is 0 Å². The minimum absolute atomic E-state index is 0.000327. The van der Waals surface area contributed by atoms with E-state index < -0.39 is 0 Å². The van der Waals surface area contributed by atoms with Gasteiger partial charge >= 0.3 is 0 Å². The number of ether oxygens (including phenoxy) is 3. The fourth-order valence-corrected chi connectivity index (χ4v) is 4.94. The minimum atomic E-state index is -0.000327. The van der Waals surface area contributed by atoms with Crippen LogP contribution in [0.3, 0.4) is 0 Å². The third-order valence-electron chi connectivity index (χ3n) is 7.09. The average Bonchev–Trinajstić information content (AvgIpc) is 2.93. The molecule has 8 nitrogen and oxygen atoms in total. The molecule has 2 aromatic carbocycles. The zero-order valence-corrected chi connectivity index (χ0v) is 21.4. The number of likely N-dealkylation sites (tertiary alicyclic amines) is 1. The van der Waals surface area contributed by atoms with Crippen LogP contribution < -0.4 is 14.2 Å². The molecular formula is C28H37N3O5. The Labute approximate surface area is 213 Å². The summed E-state index contributed by atoms with van der Waals surface area (Å²) in [6.45, 7) is 5.49. The number of methoxy groups -OCH3 is 2. The molecule has 0 spiro atoms. The number of hydrogen-bond donors (Lipinski definition) is 0. The number of hydrogen-bond acceptors (Lipinski definition) is 6. The molecule has 0 atom stereocenters. The van der Waals surface area contributed by atoms with E-state index in [0.717, 1.165) is 68.4 Å². The van der Waals surface area contributed by atoms with Gasteiger partial charge in [0, 0.05) is 57.3 Å². The van der Waals surface area contributed by atoms with Gasteiger partial charge in [-0.1, -0.05) is 18.2 Å². The van der Waals surface area contributed by atoms with E-state index in [2.05, 4.69) is 4.90 Å². The van der Waals surface area contributed by atoms with Crippen LogP contribution >= 0.6 is 0 Å². The molecule has 2 fully saturated rings. The number of para-hydroxylation sites is 1. The lowest BCUT2D eigenvalue weighted by Crippen LogP contribution is -2.51. The number of piperazine rings is 1. The first-order valence-electron chi connectivity index (χ1n) is 12.7. The van der Waals surface area contributed by atoms with Crippen LogP contribution in [0.5, 0.6) is 17.2 Å². The second-order valence-corrected chi connectivity index (χ2v) is 9.35. The number of nitrogens with zero attached hydrogens (tertiary/aromatic N) is 3. The van der Waals surface area contributed by atoms with Gasteiger partial charge in [-0.25, -0.2) is 0 Å². The van der Waals surface area contributed by atoms with E-state index in [4.69, 9.17) is 14.2 Å². The zero-order chi connectivity index (χ0) is 25.3. The summed E-state index contributed by atoms with van der Waals surface area (Å²) < 4.78 is 16.5. The normalized spacial score (nSPS) is 17.1. The number of benzene rings is 2. The van der Waals surface area contributed by atoms with Crippen molar-refractivity contribution in [3.63, 3.8) is 0 Å². The first-order valence-corrected chi connectivity index (χ1v) is 12.7. The van der Waals surface area contributed by atoms with Crippen LogP contribution in [-0.2, 0) is 16.1 Å². The van der Waals surface area contributed by atoms with E-state index in [0.29, 0.717) is 26.1 Å². The molecule has 0 radical (unpaired) electrons. The maximum atomic E-state index is 13.2. The van der Waals surface area contributed by atoms with Gasteiger partial charge in [0.1, 0.15) is 17.2 Å². The Hall–Kier alpha value is -3.26. The highest BCUT2D eigenvalue weighted by molar-refractivity contribution is 5.80. The zero-order valence-electron chi connectivity index (χ0n) is 21.4. The van der Waals surface area contributed by atoms with E-state index in [1.165, 1.54) is 0 Å². The molecule has 36 heavy (non-hydrogen) atoms. The van der Waals surface area contributed by atoms with Crippen molar-refractivity contribution in [3.8, 4) is 17.2 Å². The smallest absolute Gasteiger partial charge is 0.225 e. The third-order valence-corrected chi connectivity index (χ3v) is 7.09. The fraction of sp³-hybridized carbons (Fsp3) is 0.500. The molecule has 2 heterocycles. The van der Waals surface area contributed by atoms with Gasteiger partial charge in [-0.15, -0.1) is 0 Å². The largest absolute Gasteiger partial charge is 0.497 e. The molecule has 0 aromatic heterocycles. The maximum Gasteiger partial charge on any atom is 0.225 e. The second kappa shape index (κ2) is 12.6. The van der Waals surface area contributed by atoms with Crippen molar-refractivity contribution in [2.45, 2.75) is 25.8 Å². The first kappa shape index (κ1) is 25.8. The molecule has 194 valence electrons. The molecule has 0 saturated carbocycles. The number of amides is 2. The summed E-state index contributed by atoms with van der Waals surface area (Å²) in [4.78, 5) is 31.9. The van der Waals surface area contributed by atoms with Gasteiger partial charge in [0.15, 0.2) is 0 Å². The van der Waals surface area contributed by atoms with Crippen LogP contribution in [0.25, 0.3) is 0 Å². The fourth-order valence-electron chi connectivity index (χ4n) is 4.94. The summed E-state index contributed by atoms with van der Waals surface area (Å²) >= 11 is 0. The monoisotopic (exact) mass is 495 g/mol. The van der Waals surface area contributed by atoms with Crippen molar-refractivity contribution in [1.82, 2.24) is 14.7 Å². The van der Waals surface area contributed by atoms with E-state index in [1.54, 1.807) is 14.2 Å². The van der Waals surface area contributed by atoms with Crippen molar-refractivity contribution in [2.75, 3.05) is 60.1 Å². The molecule has 8 heteroatoms. The van der Waals surface area contributed by atoms with Crippen molar-refractivity contribution in [3.05, 3.63) is 54.1 Å². The molecule has 2 saturated heterocycles. The maximum absolute atomic E-state index is 13.2. The Bertz CT molecular complexity index is 999. The van der Waals surface area contributed by atoms with Gasteiger partial charge in [0.25, 0.3) is 0 Å². The highest BCUT2D eigenvalue weighted by atomic mass is 16.5. The second-order valence-electron chi connectivity index (χ2n) is 9.35. The van der Waals surface area contributed by atoms with E-state index in [1.807, 2.05) is 58.3 Å². The van der Waals surface area contributed by atoms with Crippen LogP contribution in [0.2, 0.25) is 0 Å². The van der Waals surface area contributed by atoms with Crippen molar-refractivity contribution < 1.29 is 23.8 Å². The summed E-state index contributed by atoms with van der Waals surface area (Å²) in [6.07, 6.45) is 1.81. The Morgan fingerprint density at radius 2 is 1.56 bits per heavy atom. The molecule has 2 aliphatic rings. The third kappa shape index (κ3) is 6.69. The van der Waals surface area contributed by atoms with Gasteiger partial charge in [-0.3, -0.25) is 14.5 Å².